The van der Waals surface area contributed by atoms with Gasteiger partial charge in [0.05, 0.1) is 25.5 Å². The number of carbonyl (C=O) groups is 1. The predicted octanol–water partition coefficient (Wildman–Crippen LogP) is 0.889. The number of aromatic nitrogens is 2. The summed E-state index contributed by atoms with van der Waals surface area (Å²) in [6.07, 6.45) is 2.10. The lowest BCUT2D eigenvalue weighted by Crippen LogP contribution is -2.43. The maximum atomic E-state index is 12.4. The molecule has 2 aliphatic heterocycles. The summed E-state index contributed by atoms with van der Waals surface area (Å²) in [5.74, 6) is 2.29. The van der Waals surface area contributed by atoms with Crippen LogP contribution in [0, 0.1) is 6.92 Å². The standard InChI is InChI=1S/C18H29N5O2/c1-14-19-16(11-17(20-14)22-7-9-25-10-8-22)15-5-4-6-23(12-15)18(24)13-21(2)3/h11,15H,4-10,12-13H2,1-3H3/t15-/m0/s1. The average Bonchev–Trinajstić information content (AvgIpc) is 2.61. The first kappa shape index (κ1) is 18.1. The van der Waals surface area contributed by atoms with Crippen molar-refractivity contribution in [2.24, 2.45) is 0 Å². The van der Waals surface area contributed by atoms with E-state index in [1.165, 1.54) is 0 Å². The van der Waals surface area contributed by atoms with E-state index in [-0.39, 0.29) is 5.91 Å². The number of piperidine rings is 1. The van der Waals surface area contributed by atoms with E-state index in [0.717, 1.165) is 69.6 Å². The minimum Gasteiger partial charge on any atom is -0.378 e. The highest BCUT2D eigenvalue weighted by Gasteiger charge is 2.27. The number of ether oxygens (including phenoxy) is 1. The van der Waals surface area contributed by atoms with Gasteiger partial charge in [-0.05, 0) is 33.9 Å². The Balaban J connectivity index is 1.74. The normalized spacial score (nSPS) is 21.7. The highest BCUT2D eigenvalue weighted by atomic mass is 16.5. The molecule has 25 heavy (non-hydrogen) atoms. The molecule has 0 N–H and O–H groups in total. The summed E-state index contributed by atoms with van der Waals surface area (Å²) in [5, 5.41) is 0. The van der Waals surface area contributed by atoms with Gasteiger partial charge in [-0.1, -0.05) is 0 Å². The van der Waals surface area contributed by atoms with Crippen LogP contribution in [0.5, 0.6) is 0 Å². The SMILES string of the molecule is Cc1nc([C@H]2CCCN(C(=O)CN(C)C)C2)cc(N2CCOCC2)n1. The summed E-state index contributed by atoms with van der Waals surface area (Å²) in [6, 6.07) is 2.11. The summed E-state index contributed by atoms with van der Waals surface area (Å²) in [4.78, 5) is 27.9. The number of nitrogens with zero attached hydrogens (tertiary/aromatic N) is 5. The molecule has 0 spiro atoms. The first-order valence-corrected chi connectivity index (χ1v) is 9.13. The van der Waals surface area contributed by atoms with Crippen molar-refractivity contribution in [3.05, 3.63) is 17.6 Å². The summed E-state index contributed by atoms with van der Waals surface area (Å²) in [5.41, 5.74) is 1.07. The van der Waals surface area contributed by atoms with Gasteiger partial charge >= 0.3 is 0 Å². The maximum absolute atomic E-state index is 12.4. The van der Waals surface area contributed by atoms with Crippen molar-refractivity contribution in [3.8, 4) is 0 Å². The molecule has 138 valence electrons. The predicted molar refractivity (Wildman–Crippen MR) is 96.9 cm³/mol. The molecule has 0 aromatic carbocycles. The first-order valence-electron chi connectivity index (χ1n) is 9.13. The number of aryl methyl sites for hydroxylation is 1. The minimum atomic E-state index is 0.203. The molecule has 0 radical (unpaired) electrons. The van der Waals surface area contributed by atoms with Gasteiger partial charge in [-0.3, -0.25) is 4.79 Å². The summed E-state index contributed by atoms with van der Waals surface area (Å²) < 4.78 is 5.44. The van der Waals surface area contributed by atoms with Gasteiger partial charge in [-0.15, -0.1) is 0 Å². The zero-order valence-electron chi connectivity index (χ0n) is 15.6. The molecule has 0 unspecified atom stereocenters. The Morgan fingerprint density at radius 1 is 1.28 bits per heavy atom. The number of morpholine rings is 1. The van der Waals surface area contributed by atoms with E-state index in [4.69, 9.17) is 4.74 Å². The molecule has 1 amide bonds. The van der Waals surface area contributed by atoms with Crippen LogP contribution in [0.25, 0.3) is 0 Å². The molecular weight excluding hydrogens is 318 g/mol. The number of anilines is 1. The topological polar surface area (TPSA) is 61.8 Å². The molecule has 1 aromatic rings. The smallest absolute Gasteiger partial charge is 0.236 e. The highest BCUT2D eigenvalue weighted by molar-refractivity contribution is 5.78. The molecule has 1 aromatic heterocycles. The molecule has 0 bridgehead atoms. The van der Waals surface area contributed by atoms with Crippen LogP contribution in [0.15, 0.2) is 6.07 Å². The molecule has 0 aliphatic carbocycles. The third kappa shape index (κ3) is 4.67. The third-order valence-corrected chi connectivity index (χ3v) is 4.82. The fourth-order valence-corrected chi connectivity index (χ4v) is 3.55. The van der Waals surface area contributed by atoms with Crippen molar-refractivity contribution in [1.29, 1.82) is 0 Å². The summed E-state index contributed by atoms with van der Waals surface area (Å²) in [6.45, 7) is 7.25. The van der Waals surface area contributed by atoms with Gasteiger partial charge in [0.25, 0.3) is 0 Å². The molecule has 2 saturated heterocycles. The largest absolute Gasteiger partial charge is 0.378 e. The fourth-order valence-electron chi connectivity index (χ4n) is 3.55. The number of amides is 1. The van der Waals surface area contributed by atoms with E-state index in [1.807, 2.05) is 30.8 Å². The van der Waals surface area contributed by atoms with Crippen molar-refractivity contribution in [2.45, 2.75) is 25.7 Å². The van der Waals surface area contributed by atoms with Gasteiger partial charge in [0, 0.05) is 38.2 Å². The van der Waals surface area contributed by atoms with Gasteiger partial charge < -0.3 is 19.4 Å². The van der Waals surface area contributed by atoms with Crippen LogP contribution in [0.2, 0.25) is 0 Å². The van der Waals surface area contributed by atoms with Crippen LogP contribution in [0.3, 0.4) is 0 Å². The van der Waals surface area contributed by atoms with Gasteiger partial charge in [0.2, 0.25) is 5.91 Å². The molecule has 7 nitrogen and oxygen atoms in total. The van der Waals surface area contributed by atoms with Crippen LogP contribution in [0.4, 0.5) is 5.82 Å². The molecular formula is C18H29N5O2. The van der Waals surface area contributed by atoms with E-state index in [2.05, 4.69) is 20.9 Å². The number of likely N-dealkylation sites (tertiary alicyclic amines) is 1. The Labute approximate surface area is 150 Å². The second-order valence-electron chi connectivity index (χ2n) is 7.21. The Morgan fingerprint density at radius 3 is 2.76 bits per heavy atom. The van der Waals surface area contributed by atoms with E-state index in [0.29, 0.717) is 12.5 Å². The van der Waals surface area contributed by atoms with Gasteiger partial charge in [-0.25, -0.2) is 9.97 Å². The molecule has 1 atom stereocenters. The number of likely N-dealkylation sites (N-methyl/N-ethyl adjacent to an activating group) is 1. The molecule has 2 aliphatic rings. The zero-order chi connectivity index (χ0) is 17.8. The second kappa shape index (κ2) is 8.10. The quantitative estimate of drug-likeness (QED) is 0.806. The fraction of sp³-hybridized carbons (Fsp3) is 0.722. The number of rotatable bonds is 4. The third-order valence-electron chi connectivity index (χ3n) is 4.82. The molecule has 0 saturated carbocycles. The van der Waals surface area contributed by atoms with Crippen molar-refractivity contribution in [3.63, 3.8) is 0 Å². The lowest BCUT2D eigenvalue weighted by atomic mass is 9.94. The van der Waals surface area contributed by atoms with Crippen LogP contribution in [-0.2, 0) is 9.53 Å². The lowest BCUT2D eigenvalue weighted by molar-refractivity contribution is -0.133. The number of hydrogen-bond donors (Lipinski definition) is 0. The average molecular weight is 347 g/mol. The molecule has 3 heterocycles. The van der Waals surface area contributed by atoms with Crippen LogP contribution in [0.1, 0.15) is 30.3 Å². The minimum absolute atomic E-state index is 0.203. The van der Waals surface area contributed by atoms with Gasteiger partial charge in [0.1, 0.15) is 11.6 Å². The van der Waals surface area contributed by atoms with E-state index in [9.17, 15) is 4.79 Å². The van der Waals surface area contributed by atoms with E-state index < -0.39 is 0 Å². The van der Waals surface area contributed by atoms with Crippen LogP contribution >= 0.6 is 0 Å². The Hall–Kier alpha value is -1.73. The van der Waals surface area contributed by atoms with E-state index in [1.54, 1.807) is 0 Å². The Morgan fingerprint density at radius 2 is 2.04 bits per heavy atom. The monoisotopic (exact) mass is 347 g/mol. The molecule has 2 fully saturated rings. The molecule has 3 rings (SSSR count). The first-order chi connectivity index (χ1) is 12.0. The van der Waals surface area contributed by atoms with Crippen molar-refractivity contribution < 1.29 is 9.53 Å². The van der Waals surface area contributed by atoms with Gasteiger partial charge in [-0.2, -0.15) is 0 Å². The van der Waals surface area contributed by atoms with Crippen molar-refractivity contribution >= 4 is 11.7 Å². The number of hydrogen-bond acceptors (Lipinski definition) is 6. The van der Waals surface area contributed by atoms with Crippen molar-refractivity contribution in [2.75, 3.05) is 64.9 Å². The highest BCUT2D eigenvalue weighted by Crippen LogP contribution is 2.28. The van der Waals surface area contributed by atoms with Gasteiger partial charge in [0.15, 0.2) is 0 Å². The second-order valence-corrected chi connectivity index (χ2v) is 7.21. The maximum Gasteiger partial charge on any atom is 0.236 e. The molecule has 7 heteroatoms. The zero-order valence-corrected chi connectivity index (χ0v) is 15.6. The van der Waals surface area contributed by atoms with Crippen molar-refractivity contribution in [1.82, 2.24) is 19.8 Å². The van der Waals surface area contributed by atoms with Crippen LogP contribution < -0.4 is 4.90 Å². The Kier molecular flexibility index (Phi) is 5.86. The lowest BCUT2D eigenvalue weighted by Gasteiger charge is -2.34. The van der Waals surface area contributed by atoms with E-state index >= 15 is 0 Å². The Bertz CT molecular complexity index is 601. The summed E-state index contributed by atoms with van der Waals surface area (Å²) in [7, 11) is 3.86. The van der Waals surface area contributed by atoms with Crippen LogP contribution in [-0.4, -0.2) is 85.7 Å². The summed E-state index contributed by atoms with van der Waals surface area (Å²) >= 11 is 0. The number of carbonyl (C=O) groups excluding carboxylic acids is 1.